The van der Waals surface area contributed by atoms with Gasteiger partial charge in [-0.1, -0.05) is 43.3 Å². The fraction of sp³-hybridized carbons (Fsp3) is 0.238. The maximum absolute atomic E-state index is 11.1. The van der Waals surface area contributed by atoms with Gasteiger partial charge in [0.15, 0.2) is 0 Å². The molecule has 0 aliphatic carbocycles. The number of benzene rings is 2. The molecular formula is C21H23N3O2. The van der Waals surface area contributed by atoms with Crippen LogP contribution in [-0.4, -0.2) is 20.7 Å². The van der Waals surface area contributed by atoms with Crippen LogP contribution in [0.1, 0.15) is 30.3 Å². The fourth-order valence-corrected chi connectivity index (χ4v) is 3.07. The molecule has 5 nitrogen and oxygen atoms in total. The highest BCUT2D eigenvalue weighted by molar-refractivity contribution is 5.91. The molecular weight excluding hydrogens is 326 g/mol. The van der Waals surface area contributed by atoms with Gasteiger partial charge in [-0.05, 0) is 42.2 Å². The van der Waals surface area contributed by atoms with Crippen molar-refractivity contribution in [2.24, 2.45) is 0 Å². The lowest BCUT2D eigenvalue weighted by Gasteiger charge is -2.08. The lowest BCUT2D eigenvalue weighted by molar-refractivity contribution is -0.124. The molecule has 3 rings (SSSR count). The van der Waals surface area contributed by atoms with Gasteiger partial charge in [0.05, 0.1) is 11.0 Å². The average molecular weight is 349 g/mol. The second kappa shape index (κ2) is 8.45. The molecule has 0 spiro atoms. The summed E-state index contributed by atoms with van der Waals surface area (Å²) in [4.78, 5) is 16.0. The molecule has 5 heteroatoms. The van der Waals surface area contributed by atoms with Gasteiger partial charge in [-0.15, -0.1) is 0 Å². The Kier molecular flexibility index (Phi) is 5.81. The van der Waals surface area contributed by atoms with Crippen LogP contribution in [-0.2, 0) is 24.2 Å². The number of carbonyl (C=O) groups is 1. The Labute approximate surface area is 152 Å². The molecule has 3 aromatic rings. The minimum atomic E-state index is -0.551. The summed E-state index contributed by atoms with van der Waals surface area (Å²) in [6.07, 6.45) is 5.84. The number of fused-ring (bicyclic) bond motifs is 1. The number of nitrogens with one attached hydrogen (secondary N) is 1. The molecule has 0 aliphatic heterocycles. The van der Waals surface area contributed by atoms with Gasteiger partial charge >= 0.3 is 0 Å². The number of imidazole rings is 1. The van der Waals surface area contributed by atoms with Crippen LogP contribution in [0.4, 0.5) is 0 Å². The molecule has 134 valence electrons. The minimum Gasteiger partial charge on any atom is -0.328 e. The van der Waals surface area contributed by atoms with Gasteiger partial charge in [-0.2, -0.15) is 0 Å². The third kappa shape index (κ3) is 4.18. The van der Waals surface area contributed by atoms with E-state index in [1.165, 1.54) is 11.6 Å². The Bertz CT molecular complexity index is 914. The van der Waals surface area contributed by atoms with E-state index in [9.17, 15) is 4.79 Å². The summed E-state index contributed by atoms with van der Waals surface area (Å²) in [5.74, 6) is 0.532. The Morgan fingerprint density at radius 2 is 2.00 bits per heavy atom. The normalized spacial score (nSPS) is 11.3. The van der Waals surface area contributed by atoms with Crippen molar-refractivity contribution >= 4 is 23.0 Å². The van der Waals surface area contributed by atoms with Crippen LogP contribution >= 0.6 is 0 Å². The van der Waals surface area contributed by atoms with Crippen LogP contribution < -0.4 is 5.48 Å². The maximum Gasteiger partial charge on any atom is 0.267 e. The molecule has 1 amide bonds. The molecule has 2 N–H and O–H groups in total. The first kappa shape index (κ1) is 17.9. The van der Waals surface area contributed by atoms with Gasteiger partial charge < -0.3 is 4.57 Å². The number of hydrogen-bond acceptors (Lipinski definition) is 3. The van der Waals surface area contributed by atoms with E-state index in [0.29, 0.717) is 0 Å². The molecule has 0 saturated carbocycles. The van der Waals surface area contributed by atoms with E-state index >= 15 is 0 Å². The Morgan fingerprint density at radius 3 is 2.73 bits per heavy atom. The highest BCUT2D eigenvalue weighted by Gasteiger charge is 2.10. The molecule has 0 unspecified atom stereocenters. The highest BCUT2D eigenvalue weighted by atomic mass is 16.5. The number of hydroxylamine groups is 1. The number of carbonyl (C=O) groups excluding carboxylic acids is 1. The van der Waals surface area contributed by atoms with Gasteiger partial charge in [0.2, 0.25) is 0 Å². The molecule has 26 heavy (non-hydrogen) atoms. The molecule has 0 aliphatic rings. The van der Waals surface area contributed by atoms with Crippen molar-refractivity contribution in [3.8, 4) is 0 Å². The third-order valence-corrected chi connectivity index (χ3v) is 4.32. The first-order chi connectivity index (χ1) is 12.7. The van der Waals surface area contributed by atoms with Crippen LogP contribution in [0.2, 0.25) is 0 Å². The van der Waals surface area contributed by atoms with Gasteiger partial charge in [-0.25, -0.2) is 10.5 Å². The molecule has 0 fully saturated rings. The largest absolute Gasteiger partial charge is 0.328 e. The number of aromatic nitrogens is 2. The first-order valence-corrected chi connectivity index (χ1v) is 8.86. The van der Waals surface area contributed by atoms with E-state index in [4.69, 9.17) is 10.2 Å². The van der Waals surface area contributed by atoms with Gasteiger partial charge in [-0.3, -0.25) is 10.0 Å². The third-order valence-electron chi connectivity index (χ3n) is 4.32. The summed E-state index contributed by atoms with van der Waals surface area (Å²) >= 11 is 0. The van der Waals surface area contributed by atoms with Crippen LogP contribution in [0.5, 0.6) is 0 Å². The van der Waals surface area contributed by atoms with Crippen molar-refractivity contribution in [1.82, 2.24) is 15.0 Å². The second-order valence-corrected chi connectivity index (χ2v) is 6.22. The highest BCUT2D eigenvalue weighted by Crippen LogP contribution is 2.20. The Hall–Kier alpha value is -2.92. The van der Waals surface area contributed by atoms with Crippen LogP contribution in [0.25, 0.3) is 17.1 Å². The predicted octanol–water partition coefficient (Wildman–Crippen LogP) is 3.75. The zero-order valence-electron chi connectivity index (χ0n) is 14.9. The topological polar surface area (TPSA) is 67.2 Å². The first-order valence-electron chi connectivity index (χ1n) is 8.86. The fourth-order valence-electron chi connectivity index (χ4n) is 3.07. The van der Waals surface area contributed by atoms with Gasteiger partial charge in [0.25, 0.3) is 5.91 Å². The SMILES string of the molecule is CCCn1c(CCc2ccccc2)nc2cc(/C=C/C(=O)NO)ccc21. The molecule has 0 radical (unpaired) electrons. The molecule has 1 heterocycles. The van der Waals surface area contributed by atoms with Crippen LogP contribution in [0, 0.1) is 0 Å². The maximum atomic E-state index is 11.1. The lowest BCUT2D eigenvalue weighted by Crippen LogP contribution is -2.14. The Balaban J connectivity index is 1.88. The van der Waals surface area contributed by atoms with E-state index in [2.05, 4.69) is 35.8 Å². The monoisotopic (exact) mass is 349 g/mol. The number of rotatable bonds is 7. The summed E-state index contributed by atoms with van der Waals surface area (Å²) in [6, 6.07) is 16.4. The lowest BCUT2D eigenvalue weighted by atomic mass is 10.1. The van der Waals surface area contributed by atoms with Crippen LogP contribution in [0.15, 0.2) is 54.6 Å². The van der Waals surface area contributed by atoms with Crippen molar-refractivity contribution in [2.45, 2.75) is 32.7 Å². The van der Waals surface area contributed by atoms with Crippen molar-refractivity contribution < 1.29 is 10.0 Å². The predicted molar refractivity (Wildman–Crippen MR) is 103 cm³/mol. The number of hydrogen-bond donors (Lipinski definition) is 2. The molecule has 0 atom stereocenters. The summed E-state index contributed by atoms with van der Waals surface area (Å²) in [5.41, 5.74) is 5.80. The molecule has 0 bridgehead atoms. The second-order valence-electron chi connectivity index (χ2n) is 6.22. The summed E-state index contributed by atoms with van der Waals surface area (Å²) in [7, 11) is 0. The van der Waals surface area contributed by atoms with E-state index in [1.54, 1.807) is 11.6 Å². The smallest absolute Gasteiger partial charge is 0.267 e. The van der Waals surface area contributed by atoms with E-state index < -0.39 is 5.91 Å². The molecule has 2 aromatic carbocycles. The average Bonchev–Trinajstić information content (AvgIpc) is 3.02. The van der Waals surface area contributed by atoms with E-state index in [1.807, 2.05) is 24.3 Å². The summed E-state index contributed by atoms with van der Waals surface area (Å²) in [5, 5.41) is 8.57. The van der Waals surface area contributed by atoms with Gasteiger partial charge in [0, 0.05) is 19.0 Å². The molecule has 0 saturated heterocycles. The van der Waals surface area contributed by atoms with E-state index in [-0.39, 0.29) is 0 Å². The van der Waals surface area contributed by atoms with Crippen molar-refractivity contribution in [3.05, 3.63) is 71.6 Å². The molecule has 1 aromatic heterocycles. The van der Waals surface area contributed by atoms with Crippen molar-refractivity contribution in [3.63, 3.8) is 0 Å². The minimum absolute atomic E-state index is 0.551. The quantitative estimate of drug-likeness (QED) is 0.388. The zero-order valence-corrected chi connectivity index (χ0v) is 14.9. The van der Waals surface area contributed by atoms with Gasteiger partial charge in [0.1, 0.15) is 5.82 Å². The van der Waals surface area contributed by atoms with Crippen molar-refractivity contribution in [2.75, 3.05) is 0 Å². The van der Waals surface area contributed by atoms with Crippen molar-refractivity contribution in [1.29, 1.82) is 0 Å². The number of amides is 1. The van der Waals surface area contributed by atoms with Crippen LogP contribution in [0.3, 0.4) is 0 Å². The zero-order chi connectivity index (χ0) is 18.4. The summed E-state index contributed by atoms with van der Waals surface area (Å²) < 4.78 is 2.28. The number of nitrogens with zero attached hydrogens (tertiary/aromatic N) is 2. The Morgan fingerprint density at radius 1 is 1.19 bits per heavy atom. The summed E-state index contributed by atoms with van der Waals surface area (Å²) in [6.45, 7) is 3.10. The van der Waals surface area contributed by atoms with E-state index in [0.717, 1.165) is 48.2 Å². The number of aryl methyl sites for hydroxylation is 3. The standard InChI is InChI=1S/C21H23N3O2/c1-2-14-24-19-11-8-17(10-13-21(25)23-26)15-18(19)22-20(24)12-9-16-6-4-3-5-7-16/h3-8,10-11,13,15,26H,2,9,12,14H2,1H3,(H,23,25)/b13-10+.